The van der Waals surface area contributed by atoms with E-state index in [-0.39, 0.29) is 23.5 Å². The zero-order valence-electron chi connectivity index (χ0n) is 16.0. The number of hydrogen-bond acceptors (Lipinski definition) is 4. The number of aromatic amines is 1. The third kappa shape index (κ3) is 3.65. The van der Waals surface area contributed by atoms with E-state index in [2.05, 4.69) is 10.3 Å². The molecule has 0 radical (unpaired) electrons. The van der Waals surface area contributed by atoms with E-state index in [4.69, 9.17) is 0 Å². The molecule has 2 heterocycles. The molecule has 6 nitrogen and oxygen atoms in total. The Labute approximate surface area is 165 Å². The Balaban J connectivity index is 1.47. The molecule has 0 saturated carbocycles. The second-order valence-corrected chi connectivity index (χ2v) is 7.67. The fraction of sp³-hybridized carbons (Fsp3) is 0.381. The number of aryl methyl sites for hydroxylation is 2. The molecule has 0 fully saturated rings. The number of phenolic OH excluding ortho intramolecular Hbond substituents is 1. The van der Waals surface area contributed by atoms with Crippen LogP contribution >= 0.6 is 0 Å². The molecule has 3 unspecified atom stereocenters. The number of aromatic hydroxyl groups is 1. The van der Waals surface area contributed by atoms with Crippen molar-refractivity contribution in [2.75, 3.05) is 0 Å². The monoisotopic (exact) mass is 403 g/mol. The van der Waals surface area contributed by atoms with Crippen LogP contribution in [0, 0.1) is 11.6 Å². The second kappa shape index (κ2) is 7.61. The van der Waals surface area contributed by atoms with Crippen molar-refractivity contribution < 1.29 is 19.0 Å². The molecule has 0 aliphatic carbocycles. The Morgan fingerprint density at radius 2 is 2.07 bits per heavy atom. The molecule has 29 heavy (non-hydrogen) atoms. The summed E-state index contributed by atoms with van der Waals surface area (Å²) in [4.78, 5) is 15.0. The summed E-state index contributed by atoms with van der Waals surface area (Å²) in [6.07, 6.45) is 0.680. The van der Waals surface area contributed by atoms with E-state index in [1.165, 1.54) is 0 Å². The first-order valence-electron chi connectivity index (χ1n) is 9.67. The predicted molar refractivity (Wildman–Crippen MR) is 105 cm³/mol. The highest BCUT2D eigenvalue weighted by Gasteiger charge is 2.29. The number of aliphatic hydroxyl groups excluding tert-OH is 1. The lowest BCUT2D eigenvalue weighted by atomic mass is 9.98. The largest absolute Gasteiger partial charge is 0.508 e. The first kappa shape index (κ1) is 19.6. The standard InChI is InChI=1S/C21H23F2N3O3/c1-11(5-6-12-9-14(22)15(23)10-18(12)27)24-17-7-8-26-19-13(20(17)28)3-2-4-16(19)25-21(26)29/h2-4,9-11,17,20,24,27-28H,5-8H2,1H3,(H,25,29). The number of hydrogen-bond donors (Lipinski definition) is 4. The Kier molecular flexibility index (Phi) is 5.14. The van der Waals surface area contributed by atoms with Crippen LogP contribution in [-0.4, -0.2) is 31.8 Å². The van der Waals surface area contributed by atoms with E-state index in [1.54, 1.807) is 10.6 Å². The molecule has 1 aliphatic rings. The SMILES string of the molecule is CC(CCc1cc(F)c(F)cc1O)NC1CCn2c(=O)[nH]c3cccc(c32)C1O. The van der Waals surface area contributed by atoms with Crippen LogP contribution in [0.25, 0.3) is 11.0 Å². The van der Waals surface area contributed by atoms with Crippen molar-refractivity contribution in [3.63, 3.8) is 0 Å². The molecule has 154 valence electrons. The third-order valence-corrected chi connectivity index (χ3v) is 5.65. The summed E-state index contributed by atoms with van der Waals surface area (Å²) in [6.45, 7) is 2.41. The molecule has 3 atom stereocenters. The lowest BCUT2D eigenvalue weighted by molar-refractivity contribution is 0.119. The quantitative estimate of drug-likeness (QED) is 0.527. The van der Waals surface area contributed by atoms with Gasteiger partial charge >= 0.3 is 5.69 Å². The van der Waals surface area contributed by atoms with E-state index in [0.29, 0.717) is 42.5 Å². The third-order valence-electron chi connectivity index (χ3n) is 5.65. The summed E-state index contributed by atoms with van der Waals surface area (Å²) in [6, 6.07) is 6.90. The molecule has 0 saturated heterocycles. The highest BCUT2D eigenvalue weighted by molar-refractivity contribution is 5.79. The number of halogens is 2. The van der Waals surface area contributed by atoms with Gasteiger partial charge in [-0.15, -0.1) is 0 Å². The van der Waals surface area contributed by atoms with Crippen molar-refractivity contribution in [3.05, 3.63) is 63.6 Å². The normalized spacial score (nSPS) is 20.0. The minimum absolute atomic E-state index is 0.0582. The van der Waals surface area contributed by atoms with Crippen molar-refractivity contribution in [1.29, 1.82) is 0 Å². The molecule has 3 aromatic rings. The van der Waals surface area contributed by atoms with Crippen molar-refractivity contribution in [3.8, 4) is 5.75 Å². The lowest BCUT2D eigenvalue weighted by Crippen LogP contribution is -2.41. The number of rotatable bonds is 5. The average molecular weight is 403 g/mol. The van der Waals surface area contributed by atoms with Gasteiger partial charge < -0.3 is 20.5 Å². The van der Waals surface area contributed by atoms with E-state index in [1.807, 2.05) is 19.1 Å². The van der Waals surface area contributed by atoms with Gasteiger partial charge in [-0.2, -0.15) is 0 Å². The topological polar surface area (TPSA) is 90.3 Å². The van der Waals surface area contributed by atoms with Gasteiger partial charge in [0.1, 0.15) is 5.75 Å². The molecule has 1 aromatic heterocycles. The minimum atomic E-state index is -1.08. The van der Waals surface area contributed by atoms with Gasteiger partial charge in [0.05, 0.1) is 17.1 Å². The fourth-order valence-corrected chi connectivity index (χ4v) is 4.12. The average Bonchev–Trinajstić information content (AvgIpc) is 2.93. The van der Waals surface area contributed by atoms with Gasteiger partial charge in [0, 0.05) is 30.3 Å². The van der Waals surface area contributed by atoms with Crippen molar-refractivity contribution in [2.45, 2.75) is 50.9 Å². The van der Waals surface area contributed by atoms with Gasteiger partial charge in [0.15, 0.2) is 11.6 Å². The minimum Gasteiger partial charge on any atom is -0.508 e. The summed E-state index contributed by atoms with van der Waals surface area (Å²) < 4.78 is 28.2. The van der Waals surface area contributed by atoms with Gasteiger partial charge in [-0.1, -0.05) is 12.1 Å². The first-order chi connectivity index (χ1) is 13.8. The number of nitrogens with one attached hydrogen (secondary N) is 2. The van der Waals surface area contributed by atoms with Crippen LogP contribution in [0.2, 0.25) is 0 Å². The Morgan fingerprint density at radius 3 is 2.86 bits per heavy atom. The molecule has 0 amide bonds. The van der Waals surface area contributed by atoms with Crippen LogP contribution in [0.5, 0.6) is 5.75 Å². The van der Waals surface area contributed by atoms with Gasteiger partial charge in [-0.3, -0.25) is 4.57 Å². The number of para-hydroxylation sites is 1. The van der Waals surface area contributed by atoms with E-state index in [9.17, 15) is 23.8 Å². The molecule has 8 heteroatoms. The number of benzene rings is 2. The van der Waals surface area contributed by atoms with Gasteiger partial charge in [0.2, 0.25) is 0 Å². The maximum absolute atomic E-state index is 13.4. The highest BCUT2D eigenvalue weighted by atomic mass is 19.2. The molecular formula is C21H23F2N3O3. The first-order valence-corrected chi connectivity index (χ1v) is 9.67. The Bertz CT molecular complexity index is 1110. The van der Waals surface area contributed by atoms with E-state index >= 15 is 0 Å². The van der Waals surface area contributed by atoms with Crippen molar-refractivity contribution in [1.82, 2.24) is 14.9 Å². The molecule has 0 spiro atoms. The van der Waals surface area contributed by atoms with Gasteiger partial charge in [-0.25, -0.2) is 13.6 Å². The molecule has 1 aliphatic heterocycles. The summed E-state index contributed by atoms with van der Waals surface area (Å²) in [7, 11) is 0. The van der Waals surface area contributed by atoms with Crippen LogP contribution in [-0.2, 0) is 13.0 Å². The van der Waals surface area contributed by atoms with Gasteiger partial charge in [0.25, 0.3) is 0 Å². The highest BCUT2D eigenvalue weighted by Crippen LogP contribution is 2.30. The lowest BCUT2D eigenvalue weighted by Gasteiger charge is -2.26. The maximum atomic E-state index is 13.4. The van der Waals surface area contributed by atoms with Crippen LogP contribution < -0.4 is 11.0 Å². The fourth-order valence-electron chi connectivity index (χ4n) is 4.12. The number of nitrogens with zero attached hydrogens (tertiary/aromatic N) is 1. The molecule has 0 bridgehead atoms. The number of aromatic nitrogens is 2. The van der Waals surface area contributed by atoms with E-state index in [0.717, 1.165) is 17.6 Å². The molecule has 4 rings (SSSR count). The van der Waals surface area contributed by atoms with Crippen molar-refractivity contribution in [2.24, 2.45) is 0 Å². The molecular weight excluding hydrogens is 380 g/mol. The predicted octanol–water partition coefficient (Wildman–Crippen LogP) is 2.73. The summed E-state index contributed by atoms with van der Waals surface area (Å²) in [5.41, 5.74) is 2.28. The smallest absolute Gasteiger partial charge is 0.326 e. The summed E-state index contributed by atoms with van der Waals surface area (Å²) in [5, 5.41) is 24.1. The Hall–Kier alpha value is -2.71. The molecule has 4 N–H and O–H groups in total. The maximum Gasteiger partial charge on any atom is 0.326 e. The number of imidazole rings is 1. The van der Waals surface area contributed by atoms with E-state index < -0.39 is 17.7 Å². The van der Waals surface area contributed by atoms with Crippen LogP contribution in [0.15, 0.2) is 35.1 Å². The van der Waals surface area contributed by atoms with Crippen LogP contribution in [0.4, 0.5) is 8.78 Å². The van der Waals surface area contributed by atoms with Crippen molar-refractivity contribution >= 4 is 11.0 Å². The van der Waals surface area contributed by atoms with Crippen LogP contribution in [0.1, 0.15) is 37.0 Å². The van der Waals surface area contributed by atoms with Gasteiger partial charge in [-0.05, 0) is 43.9 Å². The molecule has 2 aromatic carbocycles. The zero-order chi connectivity index (χ0) is 20.7. The summed E-state index contributed by atoms with van der Waals surface area (Å²) >= 11 is 0. The van der Waals surface area contributed by atoms with Crippen LogP contribution in [0.3, 0.4) is 0 Å². The Morgan fingerprint density at radius 1 is 1.31 bits per heavy atom. The number of H-pyrrole nitrogens is 1. The zero-order valence-corrected chi connectivity index (χ0v) is 16.0. The number of phenols is 1. The number of aliphatic hydroxyl groups is 1. The second-order valence-electron chi connectivity index (χ2n) is 7.67. The summed E-state index contributed by atoms with van der Waals surface area (Å²) in [5.74, 6) is -2.33.